The Balaban J connectivity index is 2.61. The molecule has 0 fully saturated rings. The van der Waals surface area contributed by atoms with Gasteiger partial charge in [0.15, 0.2) is 5.82 Å². The highest BCUT2D eigenvalue weighted by Gasteiger charge is 1.97. The van der Waals surface area contributed by atoms with Crippen LogP contribution in [0.1, 0.15) is 13.8 Å². The van der Waals surface area contributed by atoms with Crippen LogP contribution in [-0.2, 0) is 4.79 Å². The average molecular weight is 177 g/mol. The maximum Gasteiger partial charge on any atom is 0.249 e. The lowest BCUT2D eigenvalue weighted by molar-refractivity contribution is -0.112. The Hall–Kier alpha value is -1.71. The Morgan fingerprint density at radius 2 is 2.23 bits per heavy atom. The first-order valence-electron chi connectivity index (χ1n) is 3.90. The molecule has 68 valence electrons. The first kappa shape index (κ1) is 9.38. The van der Waals surface area contributed by atoms with Crippen LogP contribution in [0.3, 0.4) is 0 Å². The summed E-state index contributed by atoms with van der Waals surface area (Å²) in [5.74, 6) is 0.283. The van der Waals surface area contributed by atoms with Gasteiger partial charge in [0, 0.05) is 18.5 Å². The van der Waals surface area contributed by atoms with Crippen molar-refractivity contribution >= 4 is 11.7 Å². The molecule has 0 bridgehead atoms. The zero-order chi connectivity index (χ0) is 9.68. The average Bonchev–Trinajstić information content (AvgIpc) is 2.04. The fourth-order valence-corrected chi connectivity index (χ4v) is 0.788. The molecule has 0 atom stereocenters. The second-order valence-corrected chi connectivity index (χ2v) is 2.80. The van der Waals surface area contributed by atoms with Crippen LogP contribution in [0.4, 0.5) is 5.82 Å². The van der Waals surface area contributed by atoms with Gasteiger partial charge in [-0.2, -0.15) is 0 Å². The van der Waals surface area contributed by atoms with E-state index in [0.717, 1.165) is 5.57 Å². The highest BCUT2D eigenvalue weighted by molar-refractivity contribution is 5.98. The fourth-order valence-electron chi connectivity index (χ4n) is 0.788. The maximum atomic E-state index is 11.2. The number of anilines is 1. The fraction of sp³-hybridized carbons (Fsp3) is 0.222. The molecule has 0 aliphatic carbocycles. The van der Waals surface area contributed by atoms with Crippen LogP contribution in [0.5, 0.6) is 0 Å². The van der Waals surface area contributed by atoms with Crippen molar-refractivity contribution in [2.75, 3.05) is 5.32 Å². The first-order chi connectivity index (χ1) is 6.18. The number of aromatic nitrogens is 2. The number of allylic oxidation sites excluding steroid dienone is 1. The zero-order valence-electron chi connectivity index (χ0n) is 7.61. The predicted molar refractivity (Wildman–Crippen MR) is 50.1 cm³/mol. The molecule has 1 aromatic heterocycles. The van der Waals surface area contributed by atoms with Gasteiger partial charge < -0.3 is 5.32 Å². The van der Waals surface area contributed by atoms with Crippen LogP contribution in [0.25, 0.3) is 0 Å². The minimum Gasteiger partial charge on any atom is -0.306 e. The lowest BCUT2D eigenvalue weighted by Gasteiger charge is -1.98. The lowest BCUT2D eigenvalue weighted by atomic mass is 10.3. The van der Waals surface area contributed by atoms with Crippen LogP contribution < -0.4 is 5.32 Å². The topological polar surface area (TPSA) is 54.9 Å². The molecule has 0 saturated carbocycles. The van der Waals surface area contributed by atoms with Gasteiger partial charge >= 0.3 is 0 Å². The van der Waals surface area contributed by atoms with Gasteiger partial charge in [-0.25, -0.2) is 4.98 Å². The molecule has 1 heterocycles. The maximum absolute atomic E-state index is 11.2. The molecule has 1 N–H and O–H groups in total. The summed E-state index contributed by atoms with van der Waals surface area (Å²) < 4.78 is 0. The smallest absolute Gasteiger partial charge is 0.249 e. The molecule has 1 aromatic rings. The molecule has 4 nitrogen and oxygen atoms in total. The van der Waals surface area contributed by atoms with E-state index in [1.54, 1.807) is 6.20 Å². The van der Waals surface area contributed by atoms with Crippen molar-refractivity contribution in [3.05, 3.63) is 30.2 Å². The van der Waals surface area contributed by atoms with Crippen LogP contribution in [0.2, 0.25) is 0 Å². The molecule has 0 spiro atoms. The second kappa shape index (κ2) is 4.35. The van der Waals surface area contributed by atoms with Crippen molar-refractivity contribution in [1.29, 1.82) is 0 Å². The second-order valence-electron chi connectivity index (χ2n) is 2.80. The molecule has 0 saturated heterocycles. The van der Waals surface area contributed by atoms with Crippen molar-refractivity contribution < 1.29 is 4.79 Å². The van der Waals surface area contributed by atoms with E-state index in [9.17, 15) is 4.79 Å². The van der Waals surface area contributed by atoms with E-state index in [1.165, 1.54) is 18.5 Å². The van der Waals surface area contributed by atoms with Gasteiger partial charge in [0.25, 0.3) is 0 Å². The molecule has 4 heteroatoms. The van der Waals surface area contributed by atoms with Crippen LogP contribution >= 0.6 is 0 Å². The van der Waals surface area contributed by atoms with Gasteiger partial charge in [0.1, 0.15) is 0 Å². The van der Waals surface area contributed by atoms with Gasteiger partial charge in [-0.3, -0.25) is 9.78 Å². The van der Waals surface area contributed by atoms with E-state index in [-0.39, 0.29) is 5.91 Å². The Bertz CT molecular complexity index is 315. The number of hydrogen-bond acceptors (Lipinski definition) is 3. The van der Waals surface area contributed by atoms with E-state index < -0.39 is 0 Å². The summed E-state index contributed by atoms with van der Waals surface area (Å²) in [7, 11) is 0. The summed E-state index contributed by atoms with van der Waals surface area (Å²) in [6.07, 6.45) is 6.08. The number of carbonyl (C=O) groups is 1. The normalized spacial score (nSPS) is 9.08. The van der Waals surface area contributed by atoms with Gasteiger partial charge in [0.05, 0.1) is 6.20 Å². The standard InChI is InChI=1S/C9H11N3O/c1-7(2)5-9(13)12-8-6-10-3-4-11-8/h3-6H,1-2H3,(H,11,12,13). The number of nitrogens with one attached hydrogen (secondary N) is 1. The van der Waals surface area contributed by atoms with Crippen molar-refractivity contribution in [2.45, 2.75) is 13.8 Å². The van der Waals surface area contributed by atoms with E-state index in [2.05, 4.69) is 15.3 Å². The molecule has 0 radical (unpaired) electrons. The molecule has 1 rings (SSSR count). The minimum atomic E-state index is -0.180. The molecular weight excluding hydrogens is 166 g/mol. The summed E-state index contributed by atoms with van der Waals surface area (Å²) in [5.41, 5.74) is 0.946. The van der Waals surface area contributed by atoms with Gasteiger partial charge in [-0.1, -0.05) is 5.57 Å². The largest absolute Gasteiger partial charge is 0.306 e. The molecular formula is C9H11N3O. The van der Waals surface area contributed by atoms with Crippen molar-refractivity contribution in [3.8, 4) is 0 Å². The quantitative estimate of drug-likeness (QED) is 0.694. The lowest BCUT2D eigenvalue weighted by Crippen LogP contribution is -2.09. The molecule has 0 aliphatic heterocycles. The summed E-state index contributed by atoms with van der Waals surface area (Å²) in [4.78, 5) is 18.9. The van der Waals surface area contributed by atoms with Crippen LogP contribution in [0, 0.1) is 0 Å². The molecule has 1 amide bonds. The van der Waals surface area contributed by atoms with Crippen LogP contribution in [0.15, 0.2) is 30.2 Å². The van der Waals surface area contributed by atoms with E-state index in [0.29, 0.717) is 5.82 Å². The third-order valence-electron chi connectivity index (χ3n) is 1.23. The van der Waals surface area contributed by atoms with Crippen molar-refractivity contribution in [2.24, 2.45) is 0 Å². The van der Waals surface area contributed by atoms with Crippen LogP contribution in [-0.4, -0.2) is 15.9 Å². The SMILES string of the molecule is CC(C)=CC(=O)Nc1cnccn1. The molecule has 0 aliphatic rings. The third kappa shape index (κ3) is 3.46. The Kier molecular flexibility index (Phi) is 3.14. The van der Waals surface area contributed by atoms with E-state index in [4.69, 9.17) is 0 Å². The predicted octanol–water partition coefficient (Wildman–Crippen LogP) is 1.38. The summed E-state index contributed by atoms with van der Waals surface area (Å²) >= 11 is 0. The summed E-state index contributed by atoms with van der Waals surface area (Å²) in [5, 5.41) is 2.58. The monoisotopic (exact) mass is 177 g/mol. The van der Waals surface area contributed by atoms with Gasteiger partial charge in [0.2, 0.25) is 5.91 Å². The highest BCUT2D eigenvalue weighted by atomic mass is 16.1. The Morgan fingerprint density at radius 1 is 1.46 bits per heavy atom. The Morgan fingerprint density at radius 3 is 2.77 bits per heavy atom. The minimum absolute atomic E-state index is 0.180. The number of nitrogens with zero attached hydrogens (tertiary/aromatic N) is 2. The highest BCUT2D eigenvalue weighted by Crippen LogP contribution is 1.98. The first-order valence-corrected chi connectivity index (χ1v) is 3.90. The zero-order valence-corrected chi connectivity index (χ0v) is 7.61. The summed E-state index contributed by atoms with van der Waals surface area (Å²) in [6, 6.07) is 0. The number of carbonyl (C=O) groups excluding carboxylic acids is 1. The summed E-state index contributed by atoms with van der Waals surface area (Å²) in [6.45, 7) is 3.71. The van der Waals surface area contributed by atoms with E-state index in [1.807, 2.05) is 13.8 Å². The van der Waals surface area contributed by atoms with E-state index >= 15 is 0 Å². The molecule has 0 aromatic carbocycles. The van der Waals surface area contributed by atoms with Gasteiger partial charge in [-0.15, -0.1) is 0 Å². The molecule has 0 unspecified atom stereocenters. The Labute approximate surface area is 76.7 Å². The van der Waals surface area contributed by atoms with Crippen molar-refractivity contribution in [1.82, 2.24) is 9.97 Å². The molecule has 13 heavy (non-hydrogen) atoms. The number of amides is 1. The number of hydrogen-bond donors (Lipinski definition) is 1. The van der Waals surface area contributed by atoms with Crippen molar-refractivity contribution in [3.63, 3.8) is 0 Å². The van der Waals surface area contributed by atoms with Gasteiger partial charge in [-0.05, 0) is 13.8 Å². The number of rotatable bonds is 2. The third-order valence-corrected chi connectivity index (χ3v) is 1.23.